The lowest BCUT2D eigenvalue weighted by molar-refractivity contribution is 0.111. The monoisotopic (exact) mass is 435 g/mol. The molecule has 6 heteroatoms. The van der Waals surface area contributed by atoms with Gasteiger partial charge in [0.25, 0.3) is 0 Å². The molecule has 1 saturated heterocycles. The van der Waals surface area contributed by atoms with Crippen LogP contribution < -0.4 is 15.4 Å². The first-order valence-corrected chi connectivity index (χ1v) is 11.1. The zero-order chi connectivity index (χ0) is 22.6. The van der Waals surface area contributed by atoms with E-state index in [9.17, 15) is 0 Å². The number of hydrogen-bond acceptors (Lipinski definition) is 6. The predicted molar refractivity (Wildman–Crippen MR) is 131 cm³/mol. The molecule has 6 nitrogen and oxygen atoms in total. The number of rotatable bonds is 4. The Kier molecular flexibility index (Phi) is 5.88. The number of nitrogens with one attached hydrogen (secondary N) is 2. The van der Waals surface area contributed by atoms with Gasteiger partial charge >= 0.3 is 0 Å². The van der Waals surface area contributed by atoms with Gasteiger partial charge in [-0.15, -0.1) is 6.42 Å². The summed E-state index contributed by atoms with van der Waals surface area (Å²) in [5, 5.41) is 7.59. The largest absolute Gasteiger partial charge is 0.457 e. The Morgan fingerprint density at radius 2 is 1.88 bits per heavy atom. The third kappa shape index (κ3) is 4.64. The van der Waals surface area contributed by atoms with Crippen molar-refractivity contribution >= 4 is 22.4 Å². The van der Waals surface area contributed by atoms with E-state index in [0.29, 0.717) is 11.6 Å². The van der Waals surface area contributed by atoms with Gasteiger partial charge in [-0.1, -0.05) is 12.1 Å². The van der Waals surface area contributed by atoms with Gasteiger partial charge < -0.3 is 15.4 Å². The molecule has 164 valence electrons. The number of terminal acetylenes is 1. The van der Waals surface area contributed by atoms with Crippen molar-refractivity contribution < 1.29 is 4.74 Å². The number of para-hydroxylation sites is 1. The molecule has 0 bridgehead atoms. The van der Waals surface area contributed by atoms with Crippen LogP contribution in [-0.4, -0.2) is 27.5 Å². The molecule has 2 fully saturated rings. The van der Waals surface area contributed by atoms with Gasteiger partial charge in [-0.3, -0.25) is 4.98 Å². The molecule has 1 saturated carbocycles. The summed E-state index contributed by atoms with van der Waals surface area (Å²) >= 11 is 0. The van der Waals surface area contributed by atoms with E-state index in [1.54, 1.807) is 12.4 Å². The molecule has 2 aliphatic rings. The van der Waals surface area contributed by atoms with Crippen LogP contribution in [0, 0.1) is 25.2 Å². The van der Waals surface area contributed by atoms with E-state index in [4.69, 9.17) is 11.2 Å². The minimum Gasteiger partial charge on any atom is -0.457 e. The molecule has 2 atom stereocenters. The summed E-state index contributed by atoms with van der Waals surface area (Å²) in [6.07, 6.45) is 11.8. The van der Waals surface area contributed by atoms with Gasteiger partial charge in [0.1, 0.15) is 17.3 Å². The van der Waals surface area contributed by atoms with E-state index in [1.165, 1.54) is 19.4 Å². The molecule has 6 rings (SSSR count). The molecule has 33 heavy (non-hydrogen) atoms. The van der Waals surface area contributed by atoms with Crippen molar-refractivity contribution in [1.29, 1.82) is 0 Å². The van der Waals surface area contributed by atoms with Crippen LogP contribution in [-0.2, 0) is 0 Å². The van der Waals surface area contributed by atoms with Gasteiger partial charge in [-0.2, -0.15) is 0 Å². The fourth-order valence-electron chi connectivity index (χ4n) is 3.97. The van der Waals surface area contributed by atoms with E-state index in [1.807, 2.05) is 61.5 Å². The maximum Gasteiger partial charge on any atom is 0.207 e. The maximum absolute atomic E-state index is 5.90. The predicted octanol–water partition coefficient (Wildman–Crippen LogP) is 5.22. The molecule has 0 amide bonds. The standard InChI is InChI=1S/C22H16N4O.C5H9N/c1-3-21-25-19-7-5-4-6-18(19)22(26-21)24-16-8-9-20(15(2)14-16)27-17-10-12-23-13-11-17;1-2-5-4(1)3-6-5/h1,4-14H,2H3,(H,24,25,26);4-6H,1-3H2. The number of nitrogens with zero attached hydrogens (tertiary/aromatic N) is 3. The van der Waals surface area contributed by atoms with Gasteiger partial charge in [0.2, 0.25) is 5.82 Å². The number of benzene rings is 2. The molecule has 2 aromatic carbocycles. The Labute approximate surface area is 193 Å². The second-order valence-corrected chi connectivity index (χ2v) is 8.30. The van der Waals surface area contributed by atoms with Crippen LogP contribution >= 0.6 is 0 Å². The van der Waals surface area contributed by atoms with Crippen molar-refractivity contribution in [1.82, 2.24) is 20.3 Å². The molecule has 2 unspecified atom stereocenters. The summed E-state index contributed by atoms with van der Waals surface area (Å²) in [5.41, 5.74) is 2.69. The molecule has 4 aromatic rings. The zero-order valence-electron chi connectivity index (χ0n) is 18.5. The Bertz CT molecular complexity index is 1300. The fraction of sp³-hybridized carbons (Fsp3) is 0.222. The average Bonchev–Trinajstić information content (AvgIpc) is 2.84. The van der Waals surface area contributed by atoms with Gasteiger partial charge in [-0.05, 0) is 86.2 Å². The summed E-state index contributed by atoms with van der Waals surface area (Å²) in [7, 11) is 0. The third-order valence-electron chi connectivity index (χ3n) is 6.11. The summed E-state index contributed by atoms with van der Waals surface area (Å²) < 4.78 is 5.90. The summed E-state index contributed by atoms with van der Waals surface area (Å²) in [5.74, 6) is 6.16. The molecule has 2 N–H and O–H groups in total. The van der Waals surface area contributed by atoms with Crippen LogP contribution in [0.4, 0.5) is 11.5 Å². The summed E-state index contributed by atoms with van der Waals surface area (Å²) in [6.45, 7) is 3.30. The zero-order valence-corrected chi connectivity index (χ0v) is 18.5. The molecule has 2 aromatic heterocycles. The van der Waals surface area contributed by atoms with E-state index in [2.05, 4.69) is 31.5 Å². The van der Waals surface area contributed by atoms with Crippen molar-refractivity contribution in [2.45, 2.75) is 25.8 Å². The average molecular weight is 436 g/mol. The summed E-state index contributed by atoms with van der Waals surface area (Å²) in [6, 6.07) is 18.2. The molecule has 0 spiro atoms. The van der Waals surface area contributed by atoms with Gasteiger partial charge in [-0.25, -0.2) is 9.97 Å². The molecular weight excluding hydrogens is 410 g/mol. The van der Waals surface area contributed by atoms with E-state index >= 15 is 0 Å². The minimum absolute atomic E-state index is 0.352. The van der Waals surface area contributed by atoms with E-state index in [-0.39, 0.29) is 0 Å². The Morgan fingerprint density at radius 1 is 1.06 bits per heavy atom. The summed E-state index contributed by atoms with van der Waals surface area (Å²) in [4.78, 5) is 12.8. The lowest BCUT2D eigenvalue weighted by atomic mass is 9.74. The fourth-order valence-corrected chi connectivity index (χ4v) is 3.97. The van der Waals surface area contributed by atoms with E-state index < -0.39 is 0 Å². The number of ether oxygens (including phenoxy) is 1. The van der Waals surface area contributed by atoms with E-state index in [0.717, 1.165) is 45.6 Å². The number of aromatic nitrogens is 3. The smallest absolute Gasteiger partial charge is 0.207 e. The van der Waals surface area contributed by atoms with Gasteiger partial charge in [0, 0.05) is 29.5 Å². The number of hydrogen-bond donors (Lipinski definition) is 2. The third-order valence-corrected chi connectivity index (χ3v) is 6.11. The van der Waals surface area contributed by atoms with Crippen LogP contribution in [0.25, 0.3) is 10.9 Å². The quantitative estimate of drug-likeness (QED) is 0.428. The number of anilines is 2. The first-order valence-electron chi connectivity index (χ1n) is 11.1. The highest BCUT2D eigenvalue weighted by atomic mass is 16.5. The maximum atomic E-state index is 5.90. The highest BCUT2D eigenvalue weighted by Gasteiger charge is 2.37. The highest BCUT2D eigenvalue weighted by molar-refractivity contribution is 5.91. The molecule has 0 radical (unpaired) electrons. The van der Waals surface area contributed by atoms with Crippen LogP contribution in [0.15, 0.2) is 67.0 Å². The SMILES string of the molecule is C#Cc1nc(Nc2ccc(Oc3ccncc3)c(C)c2)c2ccccc2n1.C1CC2NCC12. The van der Waals surface area contributed by atoms with Crippen molar-refractivity contribution in [2.24, 2.45) is 5.92 Å². The Morgan fingerprint density at radius 3 is 2.52 bits per heavy atom. The lowest BCUT2D eigenvalue weighted by Gasteiger charge is -2.47. The molecular formula is C27H25N5O. The topological polar surface area (TPSA) is 72.0 Å². The Hall–Kier alpha value is -3.95. The lowest BCUT2D eigenvalue weighted by Crippen LogP contribution is -2.59. The van der Waals surface area contributed by atoms with Crippen molar-refractivity contribution in [3.05, 3.63) is 78.4 Å². The second-order valence-electron chi connectivity index (χ2n) is 8.30. The highest BCUT2D eigenvalue weighted by Crippen LogP contribution is 2.33. The first-order chi connectivity index (χ1) is 16.2. The number of piperidine rings is 1. The minimum atomic E-state index is 0.352. The van der Waals surface area contributed by atoms with Gasteiger partial charge in [0.05, 0.1) is 5.52 Å². The second kappa shape index (κ2) is 9.27. The normalized spacial score (nSPS) is 17.9. The van der Waals surface area contributed by atoms with Crippen LogP contribution in [0.1, 0.15) is 24.2 Å². The van der Waals surface area contributed by atoms with Crippen molar-refractivity contribution in [2.75, 3.05) is 11.9 Å². The van der Waals surface area contributed by atoms with Crippen LogP contribution in [0.2, 0.25) is 0 Å². The molecule has 1 aliphatic heterocycles. The molecule has 1 aliphatic carbocycles. The first kappa shape index (κ1) is 20.9. The Balaban J connectivity index is 0.000000324. The number of aryl methyl sites for hydroxylation is 1. The van der Waals surface area contributed by atoms with Crippen molar-refractivity contribution in [3.63, 3.8) is 0 Å². The van der Waals surface area contributed by atoms with Gasteiger partial charge in [0.15, 0.2) is 0 Å². The number of fused-ring (bicyclic) bond motifs is 2. The van der Waals surface area contributed by atoms with Crippen LogP contribution in [0.5, 0.6) is 11.5 Å². The molecule has 3 heterocycles. The number of pyridine rings is 1. The van der Waals surface area contributed by atoms with Crippen molar-refractivity contribution in [3.8, 4) is 23.8 Å². The van der Waals surface area contributed by atoms with Crippen LogP contribution in [0.3, 0.4) is 0 Å².